The Bertz CT molecular complexity index is 1800. The van der Waals surface area contributed by atoms with Gasteiger partial charge in [-0.05, 0) is 157 Å². The second kappa shape index (κ2) is 28.1. The monoisotopic (exact) mass is 1010 g/mol. The van der Waals surface area contributed by atoms with Gasteiger partial charge in [-0.3, -0.25) is 0 Å². The summed E-state index contributed by atoms with van der Waals surface area (Å²) in [6.45, 7) is 28.5. The van der Waals surface area contributed by atoms with Crippen molar-refractivity contribution in [1.29, 1.82) is 0 Å². The summed E-state index contributed by atoms with van der Waals surface area (Å²) in [7, 11) is 6.35. The number of methoxy groups -OCH3 is 4. The second-order valence-electron chi connectivity index (χ2n) is 18.2. The number of aldehydes is 1. The van der Waals surface area contributed by atoms with E-state index in [0.717, 1.165) is 52.9 Å². The van der Waals surface area contributed by atoms with Crippen molar-refractivity contribution in [2.24, 2.45) is 11.8 Å². The Balaban J connectivity index is 0. The van der Waals surface area contributed by atoms with Gasteiger partial charge in [-0.1, -0.05) is 63.1 Å². The summed E-state index contributed by atoms with van der Waals surface area (Å²) in [6.07, 6.45) is 3.12. The molecule has 2 amide bonds. The van der Waals surface area contributed by atoms with E-state index in [9.17, 15) is 19.5 Å². The molecule has 64 heavy (non-hydrogen) atoms. The molecule has 3 atom stereocenters. The van der Waals surface area contributed by atoms with Gasteiger partial charge in [0.2, 0.25) is 0 Å². The predicted octanol–water partition coefficient (Wildman–Crippen LogP) is 12.9. The van der Waals surface area contributed by atoms with Crippen LogP contribution in [0.1, 0.15) is 152 Å². The number of hydrogen-bond acceptors (Lipinski definition) is 10. The molecule has 0 bridgehead atoms. The SMILES string of the molecule is C.C.C.C=C(CC(C)C)C(O)C[C@@H]1c2cc(OC)c(OC)cc2CCN1C(=O)OC(C)(C)C.C=C(I)CC(C)C.COc1cc2c(cc1OC)[C@@H](CC=O)N(C(=O)OC(C)(C)C)CC2. The van der Waals surface area contributed by atoms with Crippen molar-refractivity contribution in [2.45, 2.75) is 159 Å². The molecule has 2 aliphatic rings. The van der Waals surface area contributed by atoms with Gasteiger partial charge in [0.25, 0.3) is 0 Å². The number of fused-ring (bicyclic) bond motifs is 2. The molecule has 1 N–H and O–H groups in total. The summed E-state index contributed by atoms with van der Waals surface area (Å²) in [5, 5.41) is 10.9. The standard InChI is InChI=1S/C24H37NO5.C18H25NO5.C6H11I.3CH4/c1-15(2)11-16(3)20(26)14-19-18-13-22(29-8)21(28-7)12-17(18)9-10-25(19)23(27)30-24(4,5)6;1-18(2,3)24-17(21)19-8-6-12-10-15(22-4)16(23-5)11-13(12)14(19)7-9-20;1-5(2)4-6(3)7;;;/h12-13,15,19-20,26H,3,9-11,14H2,1-2,4-8H3;9-11,14H,6-8H2,1-5H3;5H,3-4H2,1-2H3;3*1H4/t19-,20?;14-;;;;/m11..../s1. The topological polar surface area (TPSA) is 133 Å². The maximum Gasteiger partial charge on any atom is 0.410 e. The number of ether oxygens (including phenoxy) is 6. The summed E-state index contributed by atoms with van der Waals surface area (Å²) in [6, 6.07) is 6.93. The fourth-order valence-electron chi connectivity index (χ4n) is 7.22. The first-order valence-electron chi connectivity index (χ1n) is 21.0. The number of benzene rings is 2. The molecule has 12 nitrogen and oxygen atoms in total. The number of nitrogens with zero attached hydrogens (tertiary/aromatic N) is 2. The van der Waals surface area contributed by atoms with Gasteiger partial charge in [0.1, 0.15) is 17.5 Å². The first kappa shape index (κ1) is 62.1. The molecule has 366 valence electrons. The molecule has 4 rings (SSSR count). The molecule has 2 aromatic carbocycles. The number of amides is 2. The Morgan fingerprint density at radius 2 is 1.06 bits per heavy atom. The molecule has 0 spiro atoms. The average Bonchev–Trinajstić information content (AvgIpc) is 3.15. The molecule has 1 unspecified atom stereocenters. The molecule has 0 aromatic heterocycles. The summed E-state index contributed by atoms with van der Waals surface area (Å²) < 4.78 is 34.0. The van der Waals surface area contributed by atoms with Crippen LogP contribution in [0.25, 0.3) is 0 Å². The van der Waals surface area contributed by atoms with Gasteiger partial charge < -0.3 is 48.1 Å². The maximum absolute atomic E-state index is 13.0. The van der Waals surface area contributed by atoms with E-state index < -0.39 is 23.4 Å². The molecule has 0 saturated carbocycles. The number of aliphatic hydroxyl groups is 1. The highest BCUT2D eigenvalue weighted by Crippen LogP contribution is 2.42. The Labute approximate surface area is 401 Å². The van der Waals surface area contributed by atoms with Crippen LogP contribution in [0.5, 0.6) is 23.0 Å². The van der Waals surface area contributed by atoms with Crippen molar-refractivity contribution < 1.29 is 47.9 Å². The second-order valence-corrected chi connectivity index (χ2v) is 19.7. The lowest BCUT2D eigenvalue weighted by Gasteiger charge is -2.39. The van der Waals surface area contributed by atoms with E-state index in [0.29, 0.717) is 61.3 Å². The van der Waals surface area contributed by atoms with E-state index in [1.54, 1.807) is 38.2 Å². The number of halogens is 1. The van der Waals surface area contributed by atoms with E-state index >= 15 is 0 Å². The summed E-state index contributed by atoms with van der Waals surface area (Å²) >= 11 is 2.26. The van der Waals surface area contributed by atoms with Crippen LogP contribution in [0, 0.1) is 11.8 Å². The van der Waals surface area contributed by atoms with Crippen LogP contribution in [0.2, 0.25) is 0 Å². The highest BCUT2D eigenvalue weighted by atomic mass is 127. The number of carbonyl (C=O) groups is 3. The molecule has 2 aromatic rings. The van der Waals surface area contributed by atoms with Gasteiger partial charge >= 0.3 is 12.2 Å². The molecule has 2 heterocycles. The van der Waals surface area contributed by atoms with Gasteiger partial charge in [-0.25, -0.2) is 9.59 Å². The van der Waals surface area contributed by atoms with E-state index in [1.165, 1.54) is 3.58 Å². The Kier molecular flexibility index (Phi) is 27.3. The Hall–Kier alpha value is -3.98. The van der Waals surface area contributed by atoms with Crippen LogP contribution in [-0.2, 0) is 27.1 Å². The van der Waals surface area contributed by atoms with Crippen molar-refractivity contribution in [3.63, 3.8) is 0 Å². The van der Waals surface area contributed by atoms with Crippen molar-refractivity contribution in [3.05, 3.63) is 68.8 Å². The summed E-state index contributed by atoms with van der Waals surface area (Å²) in [5.41, 5.74) is 3.58. The van der Waals surface area contributed by atoms with Crippen LogP contribution in [0.15, 0.2) is 46.6 Å². The van der Waals surface area contributed by atoms with Crippen LogP contribution < -0.4 is 18.9 Å². The minimum atomic E-state index is -0.721. The van der Waals surface area contributed by atoms with Crippen molar-refractivity contribution in [2.75, 3.05) is 41.5 Å². The zero-order chi connectivity index (χ0) is 46.4. The Morgan fingerprint density at radius 3 is 1.38 bits per heavy atom. The van der Waals surface area contributed by atoms with Crippen LogP contribution in [0.3, 0.4) is 0 Å². The summed E-state index contributed by atoms with van der Waals surface area (Å²) in [4.78, 5) is 40.0. The molecular formula is C51H85IN2O10. The van der Waals surface area contributed by atoms with Gasteiger partial charge in [-0.2, -0.15) is 0 Å². The zero-order valence-corrected chi connectivity index (χ0v) is 41.4. The smallest absolute Gasteiger partial charge is 0.410 e. The van der Waals surface area contributed by atoms with Crippen LogP contribution >= 0.6 is 22.6 Å². The number of hydrogen-bond donors (Lipinski definition) is 1. The largest absolute Gasteiger partial charge is 0.493 e. The molecule has 0 fully saturated rings. The van der Waals surface area contributed by atoms with Crippen molar-refractivity contribution >= 4 is 41.1 Å². The quantitative estimate of drug-likeness (QED) is 0.117. The third kappa shape index (κ3) is 19.2. The van der Waals surface area contributed by atoms with Crippen molar-refractivity contribution in [1.82, 2.24) is 9.80 Å². The van der Waals surface area contributed by atoms with Gasteiger partial charge in [0.05, 0.1) is 46.6 Å². The normalized spacial score (nSPS) is 15.6. The van der Waals surface area contributed by atoms with E-state index in [4.69, 9.17) is 28.4 Å². The Morgan fingerprint density at radius 1 is 0.703 bits per heavy atom. The lowest BCUT2D eigenvalue weighted by atomic mass is 9.86. The molecular weight excluding hydrogens is 927 g/mol. The number of allylic oxidation sites excluding steroid dienone is 1. The molecule has 0 saturated heterocycles. The van der Waals surface area contributed by atoms with E-state index in [-0.39, 0.29) is 46.9 Å². The summed E-state index contributed by atoms with van der Waals surface area (Å²) in [5.74, 6) is 3.65. The fourth-order valence-corrected chi connectivity index (χ4v) is 8.10. The first-order valence-corrected chi connectivity index (χ1v) is 22.1. The van der Waals surface area contributed by atoms with E-state index in [2.05, 4.69) is 63.4 Å². The fraction of sp³-hybridized carbons (Fsp3) is 0.627. The predicted molar refractivity (Wildman–Crippen MR) is 271 cm³/mol. The molecule has 2 aliphatic heterocycles. The number of aliphatic hydroxyl groups excluding tert-OH is 1. The van der Waals surface area contributed by atoms with Gasteiger partial charge in [-0.15, -0.1) is 0 Å². The molecule has 0 aliphatic carbocycles. The van der Waals surface area contributed by atoms with Gasteiger partial charge in [0.15, 0.2) is 23.0 Å². The lowest BCUT2D eigenvalue weighted by molar-refractivity contribution is -0.109. The zero-order valence-electron chi connectivity index (χ0n) is 39.2. The first-order chi connectivity index (χ1) is 28.4. The third-order valence-corrected chi connectivity index (χ3v) is 10.2. The highest BCUT2D eigenvalue weighted by molar-refractivity contribution is 14.1. The number of carbonyl (C=O) groups excluding carboxylic acids is 3. The minimum Gasteiger partial charge on any atom is -0.493 e. The minimum absolute atomic E-state index is 0. The maximum atomic E-state index is 13.0. The molecule has 13 heteroatoms. The number of rotatable bonds is 13. The lowest BCUT2D eigenvalue weighted by Crippen LogP contribution is -2.44. The third-order valence-electron chi connectivity index (χ3n) is 9.80. The van der Waals surface area contributed by atoms with Gasteiger partial charge in [0, 0.05) is 25.9 Å². The van der Waals surface area contributed by atoms with Crippen LogP contribution in [-0.4, -0.2) is 92.2 Å². The van der Waals surface area contributed by atoms with Crippen LogP contribution in [0.4, 0.5) is 9.59 Å². The average molecular weight is 1010 g/mol. The molecule has 0 radical (unpaired) electrons. The van der Waals surface area contributed by atoms with Crippen molar-refractivity contribution in [3.8, 4) is 23.0 Å². The highest BCUT2D eigenvalue weighted by Gasteiger charge is 2.37. The van der Waals surface area contributed by atoms with E-state index in [1.807, 2.05) is 65.8 Å².